The Bertz CT molecular complexity index is 1390. The average molecular weight is 553 g/mol. The van der Waals surface area contributed by atoms with Gasteiger partial charge in [0.1, 0.15) is 0 Å². The fourth-order valence-electron chi connectivity index (χ4n) is 5.51. The van der Waals surface area contributed by atoms with Crippen molar-refractivity contribution in [3.8, 4) is 0 Å². The molecule has 0 unspecified atom stereocenters. The Labute approximate surface area is 240 Å². The number of amides is 4. The number of nitrogens with zero attached hydrogens (tertiary/aromatic N) is 2. The quantitative estimate of drug-likeness (QED) is 0.432. The Morgan fingerprint density at radius 3 is 1.98 bits per heavy atom. The third-order valence-corrected chi connectivity index (χ3v) is 7.77. The normalized spacial score (nSPS) is 15.7. The van der Waals surface area contributed by atoms with Crippen LogP contribution in [0, 0.1) is 5.92 Å². The second-order valence-corrected chi connectivity index (χ2v) is 10.8. The summed E-state index contributed by atoms with van der Waals surface area (Å²) in [5, 5.41) is 5.88. The summed E-state index contributed by atoms with van der Waals surface area (Å²) in [6.45, 7) is 2.62. The minimum Gasteiger partial charge on any atom is -0.339 e. The second-order valence-electron chi connectivity index (χ2n) is 10.8. The summed E-state index contributed by atoms with van der Waals surface area (Å²) in [4.78, 5) is 55.0. The first-order valence-corrected chi connectivity index (χ1v) is 14.4. The SMILES string of the molecule is O=C(Cc1cccc(NC(=O)C2CCN(C(=O)c3ccccc3)CC2)c1)Nc1cccc(C(=O)N2CCCCC2)c1. The number of piperidine rings is 2. The molecule has 3 aromatic carbocycles. The molecule has 5 rings (SSSR count). The van der Waals surface area contributed by atoms with Crippen LogP contribution in [-0.2, 0) is 16.0 Å². The average Bonchev–Trinajstić information content (AvgIpc) is 3.01. The van der Waals surface area contributed by atoms with E-state index in [1.54, 1.807) is 29.2 Å². The summed E-state index contributed by atoms with van der Waals surface area (Å²) in [7, 11) is 0. The van der Waals surface area contributed by atoms with Gasteiger partial charge in [-0.3, -0.25) is 19.2 Å². The Morgan fingerprint density at radius 1 is 0.634 bits per heavy atom. The van der Waals surface area contributed by atoms with Gasteiger partial charge < -0.3 is 20.4 Å². The molecule has 3 aromatic rings. The molecule has 2 saturated heterocycles. The fourth-order valence-corrected chi connectivity index (χ4v) is 5.51. The lowest BCUT2D eigenvalue weighted by atomic mass is 9.95. The minimum atomic E-state index is -0.202. The van der Waals surface area contributed by atoms with Crippen molar-refractivity contribution in [3.63, 3.8) is 0 Å². The van der Waals surface area contributed by atoms with Crippen molar-refractivity contribution < 1.29 is 19.2 Å². The van der Waals surface area contributed by atoms with E-state index in [4.69, 9.17) is 0 Å². The van der Waals surface area contributed by atoms with Crippen LogP contribution in [0.3, 0.4) is 0 Å². The molecule has 0 saturated carbocycles. The molecular formula is C33H36N4O4. The lowest BCUT2D eigenvalue weighted by molar-refractivity contribution is -0.121. The van der Waals surface area contributed by atoms with Crippen LogP contribution in [0.25, 0.3) is 0 Å². The number of anilines is 2. The van der Waals surface area contributed by atoms with Crippen LogP contribution in [-0.4, -0.2) is 59.6 Å². The monoisotopic (exact) mass is 552 g/mol. The molecule has 2 heterocycles. The molecule has 2 aliphatic heterocycles. The smallest absolute Gasteiger partial charge is 0.253 e. The molecule has 4 amide bonds. The van der Waals surface area contributed by atoms with E-state index in [1.807, 2.05) is 59.5 Å². The summed E-state index contributed by atoms with van der Waals surface area (Å²) in [5.41, 5.74) is 3.22. The van der Waals surface area contributed by atoms with Crippen molar-refractivity contribution in [2.45, 2.75) is 38.5 Å². The fraction of sp³-hybridized carbons (Fsp3) is 0.333. The number of benzene rings is 3. The molecule has 0 atom stereocenters. The predicted octanol–water partition coefficient (Wildman–Crippen LogP) is 4.98. The van der Waals surface area contributed by atoms with E-state index in [0.717, 1.165) is 37.9 Å². The number of rotatable bonds is 7. The van der Waals surface area contributed by atoms with Gasteiger partial charge in [0.2, 0.25) is 11.8 Å². The van der Waals surface area contributed by atoms with Crippen LogP contribution in [0.2, 0.25) is 0 Å². The first kappa shape index (κ1) is 28.1. The summed E-state index contributed by atoms with van der Waals surface area (Å²) >= 11 is 0. The predicted molar refractivity (Wildman–Crippen MR) is 159 cm³/mol. The van der Waals surface area contributed by atoms with E-state index in [9.17, 15) is 19.2 Å². The van der Waals surface area contributed by atoms with Crippen LogP contribution in [0.1, 0.15) is 58.4 Å². The summed E-state index contributed by atoms with van der Waals surface area (Å²) < 4.78 is 0. The zero-order chi connectivity index (χ0) is 28.6. The highest BCUT2D eigenvalue weighted by molar-refractivity contribution is 5.98. The topological polar surface area (TPSA) is 98.8 Å². The van der Waals surface area contributed by atoms with Gasteiger partial charge in [0.05, 0.1) is 6.42 Å². The number of hydrogen-bond acceptors (Lipinski definition) is 4. The number of carbonyl (C=O) groups is 4. The summed E-state index contributed by atoms with van der Waals surface area (Å²) in [6.07, 6.45) is 4.54. The van der Waals surface area contributed by atoms with Crippen molar-refractivity contribution >= 4 is 35.0 Å². The number of nitrogens with one attached hydrogen (secondary N) is 2. The van der Waals surface area contributed by atoms with Crippen molar-refractivity contribution in [2.75, 3.05) is 36.8 Å². The van der Waals surface area contributed by atoms with E-state index < -0.39 is 0 Å². The van der Waals surface area contributed by atoms with Gasteiger partial charge in [0.25, 0.3) is 11.8 Å². The van der Waals surface area contributed by atoms with E-state index in [0.29, 0.717) is 48.4 Å². The van der Waals surface area contributed by atoms with Crippen LogP contribution < -0.4 is 10.6 Å². The third kappa shape index (κ3) is 7.39. The maximum Gasteiger partial charge on any atom is 0.253 e. The Morgan fingerprint density at radius 2 is 1.24 bits per heavy atom. The van der Waals surface area contributed by atoms with E-state index in [2.05, 4.69) is 10.6 Å². The zero-order valence-corrected chi connectivity index (χ0v) is 23.2. The molecule has 0 spiro atoms. The number of hydrogen-bond donors (Lipinski definition) is 2. The number of carbonyl (C=O) groups excluding carboxylic acids is 4. The van der Waals surface area contributed by atoms with Crippen molar-refractivity contribution in [2.24, 2.45) is 5.92 Å². The molecule has 0 aromatic heterocycles. The van der Waals surface area contributed by atoms with Gasteiger partial charge in [0, 0.05) is 54.6 Å². The van der Waals surface area contributed by atoms with Gasteiger partial charge in [-0.15, -0.1) is 0 Å². The molecule has 2 fully saturated rings. The van der Waals surface area contributed by atoms with E-state index in [-0.39, 0.29) is 36.0 Å². The largest absolute Gasteiger partial charge is 0.339 e. The molecule has 2 aliphatic rings. The van der Waals surface area contributed by atoms with E-state index >= 15 is 0 Å². The maximum atomic E-state index is 13.0. The highest BCUT2D eigenvalue weighted by Gasteiger charge is 2.28. The van der Waals surface area contributed by atoms with Gasteiger partial charge in [-0.1, -0.05) is 36.4 Å². The Kier molecular flexibility index (Phi) is 9.08. The molecule has 0 aliphatic carbocycles. The van der Waals surface area contributed by atoms with Gasteiger partial charge in [0.15, 0.2) is 0 Å². The van der Waals surface area contributed by atoms with Crippen LogP contribution in [0.4, 0.5) is 11.4 Å². The second kappa shape index (κ2) is 13.3. The van der Waals surface area contributed by atoms with Crippen LogP contribution in [0.5, 0.6) is 0 Å². The summed E-state index contributed by atoms with van der Waals surface area (Å²) in [5.74, 6) is -0.463. The van der Waals surface area contributed by atoms with Gasteiger partial charge in [-0.05, 0) is 80.1 Å². The third-order valence-electron chi connectivity index (χ3n) is 7.77. The lowest BCUT2D eigenvalue weighted by Crippen LogP contribution is -2.41. The van der Waals surface area contributed by atoms with Gasteiger partial charge in [-0.25, -0.2) is 0 Å². The lowest BCUT2D eigenvalue weighted by Gasteiger charge is -2.31. The first-order valence-electron chi connectivity index (χ1n) is 14.4. The Balaban J connectivity index is 1.12. The van der Waals surface area contributed by atoms with E-state index in [1.165, 1.54) is 0 Å². The molecule has 0 radical (unpaired) electrons. The minimum absolute atomic E-state index is 0.00212. The maximum absolute atomic E-state index is 13.0. The molecular weight excluding hydrogens is 516 g/mol. The molecule has 212 valence electrons. The summed E-state index contributed by atoms with van der Waals surface area (Å²) in [6, 6.07) is 23.5. The highest BCUT2D eigenvalue weighted by Crippen LogP contribution is 2.22. The molecule has 8 nitrogen and oxygen atoms in total. The van der Waals surface area contributed by atoms with Crippen molar-refractivity contribution in [1.82, 2.24) is 9.80 Å². The molecule has 0 bridgehead atoms. The van der Waals surface area contributed by atoms with Crippen LogP contribution >= 0.6 is 0 Å². The van der Waals surface area contributed by atoms with Crippen molar-refractivity contribution in [3.05, 3.63) is 95.6 Å². The standard InChI is InChI=1S/C33H36N4O4/c38-30(34-29-14-8-12-27(23-29)33(41)36-17-5-2-6-18-36)22-24-9-7-13-28(21-24)35-31(39)25-15-19-37(20-16-25)32(40)26-10-3-1-4-11-26/h1,3-4,7-14,21,23,25H,2,5-6,15-20,22H2,(H,34,38)(H,35,39). The molecule has 2 N–H and O–H groups in total. The molecule has 8 heteroatoms. The van der Waals surface area contributed by atoms with Crippen LogP contribution in [0.15, 0.2) is 78.9 Å². The zero-order valence-electron chi connectivity index (χ0n) is 23.2. The molecule has 41 heavy (non-hydrogen) atoms. The van der Waals surface area contributed by atoms with Crippen molar-refractivity contribution in [1.29, 1.82) is 0 Å². The Hall–Kier alpha value is -4.46. The highest BCUT2D eigenvalue weighted by atomic mass is 16.2. The number of likely N-dealkylation sites (tertiary alicyclic amines) is 2. The first-order chi connectivity index (χ1) is 20.0. The van der Waals surface area contributed by atoms with Gasteiger partial charge in [-0.2, -0.15) is 0 Å². The van der Waals surface area contributed by atoms with Gasteiger partial charge >= 0.3 is 0 Å².